The summed E-state index contributed by atoms with van der Waals surface area (Å²) in [6.45, 7) is 0. The molecule has 1 fully saturated rings. The van der Waals surface area contributed by atoms with Crippen LogP contribution in [0.5, 0.6) is 0 Å². The maximum Gasteiger partial charge on any atom is 0.322 e. The molecule has 1 aromatic carbocycles. The summed E-state index contributed by atoms with van der Waals surface area (Å²) in [5.74, 6) is 1.06. The summed E-state index contributed by atoms with van der Waals surface area (Å²) in [4.78, 5) is 12.8. The SMILES string of the molecule is Nc1ccc(SCC(=O)Nc2nnc(C3CC3)o2)c(Br)c1. The zero-order valence-corrected chi connectivity index (χ0v) is 13.4. The van der Waals surface area contributed by atoms with E-state index in [1.807, 2.05) is 6.07 Å². The monoisotopic (exact) mass is 368 g/mol. The second-order valence-corrected chi connectivity index (χ2v) is 6.62. The second kappa shape index (κ2) is 6.07. The maximum atomic E-state index is 11.9. The van der Waals surface area contributed by atoms with Crippen LogP contribution < -0.4 is 11.1 Å². The standard InChI is InChI=1S/C13H13BrN4O2S/c14-9-5-8(15)3-4-10(9)21-6-11(19)16-13-18-17-12(20-13)7-1-2-7/h3-5,7H,1-2,6,15H2,(H,16,18,19). The number of nitrogens with two attached hydrogens (primary N) is 1. The molecule has 0 radical (unpaired) electrons. The Morgan fingerprint density at radius 3 is 3.00 bits per heavy atom. The van der Waals surface area contributed by atoms with Gasteiger partial charge in [-0.1, -0.05) is 5.10 Å². The Hall–Kier alpha value is -1.54. The molecule has 0 spiro atoms. The van der Waals surface area contributed by atoms with E-state index in [1.54, 1.807) is 12.1 Å². The van der Waals surface area contributed by atoms with Crippen LogP contribution in [-0.4, -0.2) is 21.9 Å². The minimum absolute atomic E-state index is 0.166. The van der Waals surface area contributed by atoms with Crippen molar-refractivity contribution >= 4 is 45.3 Å². The van der Waals surface area contributed by atoms with Crippen LogP contribution in [0.1, 0.15) is 24.7 Å². The molecule has 0 aliphatic heterocycles. The molecule has 8 heteroatoms. The molecule has 2 aromatic rings. The molecular formula is C13H13BrN4O2S. The fraction of sp³-hybridized carbons (Fsp3) is 0.308. The Labute approximate surface area is 134 Å². The average molecular weight is 369 g/mol. The van der Waals surface area contributed by atoms with Gasteiger partial charge in [0.1, 0.15) is 0 Å². The van der Waals surface area contributed by atoms with Gasteiger partial charge >= 0.3 is 6.01 Å². The van der Waals surface area contributed by atoms with Gasteiger partial charge in [0.2, 0.25) is 11.8 Å². The fourth-order valence-corrected chi connectivity index (χ4v) is 3.17. The smallest absolute Gasteiger partial charge is 0.322 e. The van der Waals surface area contributed by atoms with Crippen LogP contribution in [0.15, 0.2) is 32.0 Å². The van der Waals surface area contributed by atoms with Gasteiger partial charge in [-0.05, 0) is 47.0 Å². The number of benzene rings is 1. The molecule has 1 aromatic heterocycles. The lowest BCUT2D eigenvalue weighted by Crippen LogP contribution is -2.14. The third-order valence-corrected chi connectivity index (χ3v) is 4.92. The summed E-state index contributed by atoms with van der Waals surface area (Å²) in [5.41, 5.74) is 6.35. The third-order valence-electron chi connectivity index (χ3n) is 2.93. The van der Waals surface area contributed by atoms with Crippen LogP contribution in [0.25, 0.3) is 0 Å². The highest BCUT2D eigenvalue weighted by Crippen LogP contribution is 2.39. The summed E-state index contributed by atoms with van der Waals surface area (Å²) >= 11 is 4.82. The first kappa shape index (κ1) is 14.4. The zero-order chi connectivity index (χ0) is 14.8. The van der Waals surface area contributed by atoms with E-state index >= 15 is 0 Å². The summed E-state index contributed by atoms with van der Waals surface area (Å²) in [5, 5.41) is 10.3. The fourth-order valence-electron chi connectivity index (χ4n) is 1.71. The number of hydrogen-bond donors (Lipinski definition) is 2. The normalized spacial score (nSPS) is 14.1. The number of carbonyl (C=O) groups is 1. The number of anilines is 2. The van der Waals surface area contributed by atoms with Gasteiger partial charge in [0.25, 0.3) is 0 Å². The molecular weight excluding hydrogens is 356 g/mol. The molecule has 6 nitrogen and oxygen atoms in total. The highest BCUT2D eigenvalue weighted by atomic mass is 79.9. The van der Waals surface area contributed by atoms with Gasteiger partial charge in [0, 0.05) is 21.0 Å². The minimum Gasteiger partial charge on any atom is -0.408 e. The van der Waals surface area contributed by atoms with Gasteiger partial charge in [0.05, 0.1) is 5.75 Å². The lowest BCUT2D eigenvalue weighted by atomic mass is 10.3. The Morgan fingerprint density at radius 1 is 1.48 bits per heavy atom. The van der Waals surface area contributed by atoms with Crippen molar-refractivity contribution in [1.29, 1.82) is 0 Å². The maximum absolute atomic E-state index is 11.9. The Kier molecular flexibility index (Phi) is 4.16. The second-order valence-electron chi connectivity index (χ2n) is 4.75. The van der Waals surface area contributed by atoms with E-state index in [4.69, 9.17) is 10.2 Å². The van der Waals surface area contributed by atoms with Gasteiger partial charge in [-0.15, -0.1) is 16.9 Å². The largest absolute Gasteiger partial charge is 0.408 e. The van der Waals surface area contributed by atoms with Gasteiger partial charge in [-0.2, -0.15) is 0 Å². The number of halogens is 1. The van der Waals surface area contributed by atoms with Crippen LogP contribution in [-0.2, 0) is 4.79 Å². The molecule has 21 heavy (non-hydrogen) atoms. The lowest BCUT2D eigenvalue weighted by molar-refractivity contribution is -0.113. The predicted octanol–water partition coefficient (Wildman–Crippen LogP) is 3.02. The minimum atomic E-state index is -0.185. The summed E-state index contributed by atoms with van der Waals surface area (Å²) < 4.78 is 6.25. The van der Waals surface area contributed by atoms with Crippen molar-refractivity contribution in [1.82, 2.24) is 10.2 Å². The molecule has 3 N–H and O–H groups in total. The highest BCUT2D eigenvalue weighted by molar-refractivity contribution is 9.10. The molecule has 110 valence electrons. The lowest BCUT2D eigenvalue weighted by Gasteiger charge is -2.04. The van der Waals surface area contributed by atoms with Crippen LogP contribution in [0.4, 0.5) is 11.7 Å². The number of thioether (sulfide) groups is 1. The van der Waals surface area contributed by atoms with Crippen LogP contribution in [0.3, 0.4) is 0 Å². The number of amides is 1. The van der Waals surface area contributed by atoms with E-state index in [1.165, 1.54) is 11.8 Å². The van der Waals surface area contributed by atoms with Crippen molar-refractivity contribution < 1.29 is 9.21 Å². The first-order valence-electron chi connectivity index (χ1n) is 6.43. The molecule has 1 aliphatic carbocycles. The van der Waals surface area contributed by atoms with Crippen molar-refractivity contribution in [3.63, 3.8) is 0 Å². The number of hydrogen-bond acceptors (Lipinski definition) is 6. The van der Waals surface area contributed by atoms with E-state index < -0.39 is 0 Å². The molecule has 3 rings (SSSR count). The van der Waals surface area contributed by atoms with E-state index in [9.17, 15) is 4.79 Å². The van der Waals surface area contributed by atoms with E-state index in [0.717, 1.165) is 22.2 Å². The molecule has 0 bridgehead atoms. The molecule has 0 atom stereocenters. The highest BCUT2D eigenvalue weighted by Gasteiger charge is 2.29. The first-order chi connectivity index (χ1) is 10.1. The van der Waals surface area contributed by atoms with E-state index in [-0.39, 0.29) is 17.7 Å². The van der Waals surface area contributed by atoms with Crippen LogP contribution >= 0.6 is 27.7 Å². The molecule has 1 amide bonds. The number of carbonyl (C=O) groups excluding carboxylic acids is 1. The van der Waals surface area contributed by atoms with Crippen molar-refractivity contribution in [2.24, 2.45) is 0 Å². The van der Waals surface area contributed by atoms with Crippen molar-refractivity contribution in [3.8, 4) is 0 Å². The zero-order valence-electron chi connectivity index (χ0n) is 11.0. The molecule has 0 saturated heterocycles. The first-order valence-corrected chi connectivity index (χ1v) is 8.21. The predicted molar refractivity (Wildman–Crippen MR) is 84.2 cm³/mol. The average Bonchev–Trinajstić information content (AvgIpc) is 3.19. The molecule has 1 saturated carbocycles. The summed E-state index contributed by atoms with van der Waals surface area (Å²) in [7, 11) is 0. The summed E-state index contributed by atoms with van der Waals surface area (Å²) in [6, 6.07) is 5.64. The Balaban J connectivity index is 1.53. The van der Waals surface area contributed by atoms with Crippen molar-refractivity contribution in [2.75, 3.05) is 16.8 Å². The number of nitrogens with one attached hydrogen (secondary N) is 1. The topological polar surface area (TPSA) is 94.0 Å². The molecule has 1 heterocycles. The Morgan fingerprint density at radius 2 is 2.29 bits per heavy atom. The third kappa shape index (κ3) is 3.76. The number of nitrogens with zero attached hydrogens (tertiary/aromatic N) is 2. The van der Waals surface area contributed by atoms with Gasteiger partial charge in [0.15, 0.2) is 0 Å². The molecule has 0 unspecified atom stereocenters. The van der Waals surface area contributed by atoms with Gasteiger partial charge < -0.3 is 10.2 Å². The quantitative estimate of drug-likeness (QED) is 0.622. The van der Waals surface area contributed by atoms with E-state index in [0.29, 0.717) is 17.5 Å². The van der Waals surface area contributed by atoms with Gasteiger partial charge in [-0.3, -0.25) is 10.1 Å². The van der Waals surface area contributed by atoms with Crippen molar-refractivity contribution in [3.05, 3.63) is 28.6 Å². The van der Waals surface area contributed by atoms with Gasteiger partial charge in [-0.25, -0.2) is 0 Å². The van der Waals surface area contributed by atoms with Crippen molar-refractivity contribution in [2.45, 2.75) is 23.7 Å². The Bertz CT molecular complexity index is 672. The molecule has 1 aliphatic rings. The van der Waals surface area contributed by atoms with E-state index in [2.05, 4.69) is 31.4 Å². The van der Waals surface area contributed by atoms with Crippen LogP contribution in [0.2, 0.25) is 0 Å². The summed E-state index contributed by atoms with van der Waals surface area (Å²) in [6.07, 6.45) is 2.16. The number of rotatable bonds is 5. The van der Waals surface area contributed by atoms with Crippen LogP contribution in [0, 0.1) is 0 Å². The number of nitrogen functional groups attached to an aromatic ring is 1. The number of aromatic nitrogens is 2.